The zero-order valence-corrected chi connectivity index (χ0v) is 12.3. The summed E-state index contributed by atoms with van der Waals surface area (Å²) >= 11 is 0. The molecule has 1 aromatic heterocycles. The molecule has 2 aromatic rings. The molecule has 2 atom stereocenters. The maximum Gasteiger partial charge on any atom is 0.231 e. The first-order chi connectivity index (χ1) is 10.8. The lowest BCUT2D eigenvalue weighted by Crippen LogP contribution is -2.42. The number of piperidine rings is 1. The van der Waals surface area contributed by atoms with E-state index in [9.17, 15) is 5.11 Å². The number of benzene rings is 1. The van der Waals surface area contributed by atoms with Gasteiger partial charge in [-0.15, -0.1) is 0 Å². The van der Waals surface area contributed by atoms with Crippen molar-refractivity contribution in [1.29, 1.82) is 0 Å². The lowest BCUT2D eigenvalue weighted by Gasteiger charge is -2.35. The standard InChI is InChI=1S/C17H19NO4/c19-15-10-18(9-13-2-1-7-20-13)6-5-14(15)12-3-4-16-17(8-12)22-11-21-16/h1-4,7-8,14-15,19H,5-6,9-11H2/t14-,15+/m0/s1. The average molecular weight is 301 g/mol. The van der Waals surface area contributed by atoms with E-state index in [1.165, 1.54) is 0 Å². The molecule has 1 fully saturated rings. The van der Waals surface area contributed by atoms with E-state index in [0.29, 0.717) is 6.54 Å². The van der Waals surface area contributed by atoms with Crippen LogP contribution >= 0.6 is 0 Å². The Kier molecular flexibility index (Phi) is 3.52. The Balaban J connectivity index is 1.44. The van der Waals surface area contributed by atoms with E-state index in [-0.39, 0.29) is 18.8 Å². The molecule has 1 N–H and O–H groups in total. The first kappa shape index (κ1) is 13.7. The lowest BCUT2D eigenvalue weighted by atomic mass is 9.87. The monoisotopic (exact) mass is 301 g/mol. The van der Waals surface area contributed by atoms with Crippen LogP contribution in [-0.4, -0.2) is 36.0 Å². The minimum Gasteiger partial charge on any atom is -0.468 e. The van der Waals surface area contributed by atoms with Crippen LogP contribution < -0.4 is 9.47 Å². The molecular formula is C17H19NO4. The van der Waals surface area contributed by atoms with Crippen molar-refractivity contribution in [1.82, 2.24) is 4.90 Å². The molecule has 3 heterocycles. The van der Waals surface area contributed by atoms with Crippen molar-refractivity contribution in [3.63, 3.8) is 0 Å². The number of nitrogens with zero attached hydrogens (tertiary/aromatic N) is 1. The van der Waals surface area contributed by atoms with E-state index < -0.39 is 0 Å². The Labute approximate surface area is 129 Å². The molecule has 0 unspecified atom stereocenters. The molecule has 2 aliphatic heterocycles. The molecule has 0 spiro atoms. The molecule has 5 heteroatoms. The number of hydrogen-bond donors (Lipinski definition) is 1. The van der Waals surface area contributed by atoms with Gasteiger partial charge in [-0.1, -0.05) is 6.07 Å². The van der Waals surface area contributed by atoms with Crippen LogP contribution in [0.5, 0.6) is 11.5 Å². The van der Waals surface area contributed by atoms with E-state index in [0.717, 1.165) is 42.3 Å². The highest BCUT2D eigenvalue weighted by molar-refractivity contribution is 5.45. The third kappa shape index (κ3) is 2.58. The Morgan fingerprint density at radius 2 is 2.09 bits per heavy atom. The van der Waals surface area contributed by atoms with Crippen LogP contribution in [0.15, 0.2) is 41.0 Å². The van der Waals surface area contributed by atoms with Crippen molar-refractivity contribution in [3.05, 3.63) is 47.9 Å². The van der Waals surface area contributed by atoms with E-state index in [4.69, 9.17) is 13.9 Å². The Hall–Kier alpha value is -1.98. The quantitative estimate of drug-likeness (QED) is 0.943. The van der Waals surface area contributed by atoms with Crippen LogP contribution in [0.25, 0.3) is 0 Å². The Morgan fingerprint density at radius 3 is 2.91 bits per heavy atom. The normalized spacial score (nSPS) is 24.6. The topological polar surface area (TPSA) is 55.1 Å². The second-order valence-electron chi connectivity index (χ2n) is 5.89. The molecule has 2 aliphatic rings. The molecular weight excluding hydrogens is 282 g/mol. The molecule has 1 aromatic carbocycles. The number of likely N-dealkylation sites (tertiary alicyclic amines) is 1. The fourth-order valence-corrected chi connectivity index (χ4v) is 3.30. The Morgan fingerprint density at radius 1 is 1.18 bits per heavy atom. The maximum absolute atomic E-state index is 10.5. The average Bonchev–Trinajstić information content (AvgIpc) is 3.17. The maximum atomic E-state index is 10.5. The molecule has 4 rings (SSSR count). The van der Waals surface area contributed by atoms with E-state index in [1.807, 2.05) is 30.3 Å². The third-order valence-electron chi connectivity index (χ3n) is 4.45. The molecule has 0 aliphatic carbocycles. The number of fused-ring (bicyclic) bond motifs is 1. The van der Waals surface area contributed by atoms with Crippen molar-refractivity contribution in [2.75, 3.05) is 19.9 Å². The molecule has 116 valence electrons. The summed E-state index contributed by atoms with van der Waals surface area (Å²) in [6, 6.07) is 9.82. The summed E-state index contributed by atoms with van der Waals surface area (Å²) in [6.07, 6.45) is 2.22. The van der Waals surface area contributed by atoms with E-state index >= 15 is 0 Å². The number of aliphatic hydroxyl groups excluding tert-OH is 1. The minimum absolute atomic E-state index is 0.141. The fraction of sp³-hybridized carbons (Fsp3) is 0.412. The summed E-state index contributed by atoms with van der Waals surface area (Å²) in [5.74, 6) is 2.65. The molecule has 22 heavy (non-hydrogen) atoms. The van der Waals surface area contributed by atoms with Gasteiger partial charge in [0.1, 0.15) is 5.76 Å². The number of hydrogen-bond acceptors (Lipinski definition) is 5. The number of ether oxygens (including phenoxy) is 2. The summed E-state index contributed by atoms with van der Waals surface area (Å²) in [5, 5.41) is 10.5. The van der Waals surface area contributed by atoms with Crippen molar-refractivity contribution < 1.29 is 19.0 Å². The van der Waals surface area contributed by atoms with Crippen LogP contribution in [0.1, 0.15) is 23.7 Å². The van der Waals surface area contributed by atoms with Crippen molar-refractivity contribution in [3.8, 4) is 11.5 Å². The van der Waals surface area contributed by atoms with Gasteiger partial charge in [0, 0.05) is 12.5 Å². The Bertz CT molecular complexity index is 640. The molecule has 0 bridgehead atoms. The molecule has 1 saturated heterocycles. The van der Waals surface area contributed by atoms with Crippen LogP contribution in [-0.2, 0) is 6.54 Å². The van der Waals surface area contributed by atoms with Gasteiger partial charge in [-0.3, -0.25) is 4.90 Å². The predicted octanol–water partition coefficient (Wildman–Crippen LogP) is 2.36. The highest BCUT2D eigenvalue weighted by Crippen LogP contribution is 2.37. The zero-order chi connectivity index (χ0) is 14.9. The molecule has 5 nitrogen and oxygen atoms in total. The molecule has 0 amide bonds. The summed E-state index contributed by atoms with van der Waals surface area (Å²) in [7, 11) is 0. The summed E-state index contributed by atoms with van der Waals surface area (Å²) < 4.78 is 16.1. The van der Waals surface area contributed by atoms with Gasteiger partial charge in [-0.25, -0.2) is 0 Å². The highest BCUT2D eigenvalue weighted by atomic mass is 16.7. The van der Waals surface area contributed by atoms with Gasteiger partial charge < -0.3 is 19.0 Å². The molecule has 0 saturated carbocycles. The second kappa shape index (κ2) is 5.66. The van der Waals surface area contributed by atoms with Crippen LogP contribution in [0.4, 0.5) is 0 Å². The number of rotatable bonds is 3. The van der Waals surface area contributed by atoms with E-state index in [1.54, 1.807) is 6.26 Å². The highest BCUT2D eigenvalue weighted by Gasteiger charge is 2.30. The molecule has 0 radical (unpaired) electrons. The largest absolute Gasteiger partial charge is 0.468 e. The van der Waals surface area contributed by atoms with Gasteiger partial charge in [0.2, 0.25) is 6.79 Å². The van der Waals surface area contributed by atoms with Crippen LogP contribution in [0.3, 0.4) is 0 Å². The van der Waals surface area contributed by atoms with Gasteiger partial charge >= 0.3 is 0 Å². The number of furan rings is 1. The number of β-amino-alcohol motifs (C(OH)–C–C–N with tert-alkyl or cyclic N) is 1. The first-order valence-corrected chi connectivity index (χ1v) is 7.62. The minimum atomic E-state index is -0.385. The van der Waals surface area contributed by atoms with Crippen molar-refractivity contribution in [2.45, 2.75) is 25.0 Å². The van der Waals surface area contributed by atoms with Gasteiger partial charge in [0.25, 0.3) is 0 Å². The van der Waals surface area contributed by atoms with Crippen molar-refractivity contribution in [2.24, 2.45) is 0 Å². The second-order valence-corrected chi connectivity index (χ2v) is 5.89. The van der Waals surface area contributed by atoms with Gasteiger partial charge in [-0.05, 0) is 42.8 Å². The van der Waals surface area contributed by atoms with E-state index in [2.05, 4.69) is 4.90 Å². The fourth-order valence-electron chi connectivity index (χ4n) is 3.30. The van der Waals surface area contributed by atoms with Gasteiger partial charge in [0.15, 0.2) is 11.5 Å². The van der Waals surface area contributed by atoms with Gasteiger partial charge in [0.05, 0.1) is 18.9 Å². The van der Waals surface area contributed by atoms with Crippen molar-refractivity contribution >= 4 is 0 Å². The van der Waals surface area contributed by atoms with Gasteiger partial charge in [-0.2, -0.15) is 0 Å². The predicted molar refractivity (Wildman–Crippen MR) is 79.9 cm³/mol. The lowest BCUT2D eigenvalue weighted by molar-refractivity contribution is 0.0446. The first-order valence-electron chi connectivity index (χ1n) is 7.62. The third-order valence-corrected chi connectivity index (χ3v) is 4.45. The zero-order valence-electron chi connectivity index (χ0n) is 12.3. The van der Waals surface area contributed by atoms with Crippen LogP contribution in [0.2, 0.25) is 0 Å². The van der Waals surface area contributed by atoms with Crippen LogP contribution in [0, 0.1) is 0 Å². The summed E-state index contributed by atoms with van der Waals surface area (Å²) in [5.41, 5.74) is 1.12. The summed E-state index contributed by atoms with van der Waals surface area (Å²) in [4.78, 5) is 2.23. The smallest absolute Gasteiger partial charge is 0.231 e. The summed E-state index contributed by atoms with van der Waals surface area (Å²) in [6.45, 7) is 2.62. The number of aliphatic hydroxyl groups is 1. The SMILES string of the molecule is O[C@@H]1CN(Cc2ccco2)CC[C@H]1c1ccc2c(c1)OCO2.